The van der Waals surface area contributed by atoms with Gasteiger partial charge in [-0.1, -0.05) is 0 Å². The summed E-state index contributed by atoms with van der Waals surface area (Å²) in [6.45, 7) is 1.86. The Bertz CT molecular complexity index is 431. The number of methoxy groups -OCH3 is 1. The van der Waals surface area contributed by atoms with E-state index >= 15 is 0 Å². The predicted octanol–water partition coefficient (Wildman–Crippen LogP) is 1.77. The minimum absolute atomic E-state index is 0.0383. The van der Waals surface area contributed by atoms with Crippen LogP contribution >= 0.6 is 0 Å². The number of rotatable bonds is 5. The lowest BCUT2D eigenvalue weighted by molar-refractivity contribution is -0.384. The fourth-order valence-electron chi connectivity index (χ4n) is 2.10. The van der Waals surface area contributed by atoms with Crippen molar-refractivity contribution in [3.63, 3.8) is 0 Å². The molecule has 1 saturated heterocycles. The second kappa shape index (κ2) is 5.68. The average Bonchev–Trinajstić information content (AvgIpc) is 2.89. The highest BCUT2D eigenvalue weighted by molar-refractivity contribution is 5.60. The number of nitro benzene ring substituents is 1. The summed E-state index contributed by atoms with van der Waals surface area (Å²) in [7, 11) is 1.51. The fraction of sp³-hybridized carbons (Fsp3) is 0.500. The Hall–Kier alpha value is -1.82. The summed E-state index contributed by atoms with van der Waals surface area (Å²) in [5, 5.41) is 17.3. The van der Waals surface area contributed by atoms with Gasteiger partial charge < -0.3 is 15.4 Å². The molecule has 0 radical (unpaired) electrons. The predicted molar refractivity (Wildman–Crippen MR) is 69.2 cm³/mol. The van der Waals surface area contributed by atoms with Gasteiger partial charge in [0.15, 0.2) is 0 Å². The monoisotopic (exact) mass is 251 g/mol. The van der Waals surface area contributed by atoms with Gasteiger partial charge in [-0.3, -0.25) is 10.1 Å². The van der Waals surface area contributed by atoms with Crippen LogP contribution in [0.1, 0.15) is 12.8 Å². The fourth-order valence-corrected chi connectivity index (χ4v) is 2.10. The number of non-ortho nitro benzene ring substituents is 1. The van der Waals surface area contributed by atoms with Crippen LogP contribution in [0.3, 0.4) is 0 Å². The van der Waals surface area contributed by atoms with E-state index in [1.165, 1.54) is 25.7 Å². The summed E-state index contributed by atoms with van der Waals surface area (Å²) in [6.07, 6.45) is 2.35. The van der Waals surface area contributed by atoms with E-state index in [-0.39, 0.29) is 5.69 Å². The Morgan fingerprint density at radius 1 is 1.61 bits per heavy atom. The van der Waals surface area contributed by atoms with Gasteiger partial charge in [0.2, 0.25) is 0 Å². The van der Waals surface area contributed by atoms with Crippen LogP contribution in [0, 0.1) is 10.1 Å². The van der Waals surface area contributed by atoms with Crippen LogP contribution in [0.5, 0.6) is 5.75 Å². The number of hydrogen-bond acceptors (Lipinski definition) is 5. The molecule has 2 N–H and O–H groups in total. The minimum Gasteiger partial charge on any atom is -0.494 e. The van der Waals surface area contributed by atoms with E-state index < -0.39 is 4.92 Å². The van der Waals surface area contributed by atoms with Gasteiger partial charge in [-0.25, -0.2) is 0 Å². The molecular weight excluding hydrogens is 234 g/mol. The van der Waals surface area contributed by atoms with E-state index in [0.29, 0.717) is 11.8 Å². The van der Waals surface area contributed by atoms with Gasteiger partial charge in [0.05, 0.1) is 23.8 Å². The number of benzene rings is 1. The van der Waals surface area contributed by atoms with Crippen molar-refractivity contribution < 1.29 is 9.66 Å². The third kappa shape index (κ3) is 2.89. The largest absolute Gasteiger partial charge is 0.494 e. The van der Waals surface area contributed by atoms with E-state index in [9.17, 15) is 10.1 Å². The highest BCUT2D eigenvalue weighted by Gasteiger charge is 2.15. The van der Waals surface area contributed by atoms with Crippen molar-refractivity contribution in [2.24, 2.45) is 0 Å². The number of hydrogen-bond donors (Lipinski definition) is 2. The van der Waals surface area contributed by atoms with Crippen molar-refractivity contribution in [1.82, 2.24) is 5.32 Å². The molecule has 1 aliphatic rings. The smallest absolute Gasteiger partial charge is 0.273 e. The molecule has 0 aromatic heterocycles. The first-order valence-corrected chi connectivity index (χ1v) is 6.00. The molecule has 2 rings (SSSR count). The molecular formula is C12H17N3O3. The summed E-state index contributed by atoms with van der Waals surface area (Å²) in [5.74, 6) is 0.502. The third-order valence-corrected chi connectivity index (χ3v) is 3.10. The topological polar surface area (TPSA) is 76.4 Å². The number of ether oxygens (including phenoxy) is 1. The van der Waals surface area contributed by atoms with Gasteiger partial charge in [-0.15, -0.1) is 0 Å². The molecule has 1 heterocycles. The second-order valence-corrected chi connectivity index (χ2v) is 4.32. The molecule has 0 aliphatic carbocycles. The van der Waals surface area contributed by atoms with E-state index in [2.05, 4.69) is 10.6 Å². The van der Waals surface area contributed by atoms with E-state index in [1.54, 1.807) is 6.07 Å². The lowest BCUT2D eigenvalue weighted by Gasteiger charge is -2.14. The maximum Gasteiger partial charge on any atom is 0.273 e. The van der Waals surface area contributed by atoms with Gasteiger partial charge in [0, 0.05) is 18.7 Å². The highest BCUT2D eigenvalue weighted by Crippen LogP contribution is 2.29. The number of nitrogens with one attached hydrogen (secondary N) is 2. The molecule has 1 atom stereocenters. The van der Waals surface area contributed by atoms with Gasteiger partial charge in [-0.05, 0) is 25.5 Å². The molecule has 1 aromatic carbocycles. The van der Waals surface area contributed by atoms with Crippen LogP contribution in [0.4, 0.5) is 11.4 Å². The summed E-state index contributed by atoms with van der Waals surface area (Å²) in [5.41, 5.74) is 0.827. The van der Waals surface area contributed by atoms with Crippen LogP contribution in [-0.2, 0) is 0 Å². The summed E-state index contributed by atoms with van der Waals surface area (Å²) < 4.78 is 5.16. The Morgan fingerprint density at radius 2 is 2.44 bits per heavy atom. The first-order chi connectivity index (χ1) is 8.70. The van der Waals surface area contributed by atoms with Crippen molar-refractivity contribution >= 4 is 11.4 Å². The second-order valence-electron chi connectivity index (χ2n) is 4.32. The molecule has 1 fully saturated rings. The Labute approximate surface area is 105 Å². The van der Waals surface area contributed by atoms with E-state index in [4.69, 9.17) is 4.74 Å². The molecule has 18 heavy (non-hydrogen) atoms. The van der Waals surface area contributed by atoms with Gasteiger partial charge >= 0.3 is 0 Å². The Kier molecular flexibility index (Phi) is 3.99. The molecule has 0 saturated carbocycles. The first kappa shape index (κ1) is 12.6. The number of nitro groups is 1. The van der Waals surface area contributed by atoms with Crippen LogP contribution in [0.15, 0.2) is 18.2 Å². The molecule has 1 aliphatic heterocycles. The van der Waals surface area contributed by atoms with Crippen molar-refractivity contribution in [2.45, 2.75) is 18.9 Å². The lowest BCUT2D eigenvalue weighted by atomic mass is 10.2. The van der Waals surface area contributed by atoms with Crippen molar-refractivity contribution in [1.29, 1.82) is 0 Å². The van der Waals surface area contributed by atoms with Crippen LogP contribution in [-0.4, -0.2) is 31.2 Å². The zero-order valence-corrected chi connectivity index (χ0v) is 10.3. The van der Waals surface area contributed by atoms with Crippen LogP contribution in [0.25, 0.3) is 0 Å². The van der Waals surface area contributed by atoms with Crippen LogP contribution in [0.2, 0.25) is 0 Å². The summed E-state index contributed by atoms with van der Waals surface area (Å²) >= 11 is 0. The quantitative estimate of drug-likeness (QED) is 0.616. The number of anilines is 1. The van der Waals surface area contributed by atoms with E-state index in [0.717, 1.165) is 25.2 Å². The zero-order valence-electron chi connectivity index (χ0n) is 10.3. The Morgan fingerprint density at radius 3 is 3.06 bits per heavy atom. The molecule has 0 bridgehead atoms. The molecule has 0 spiro atoms. The molecule has 6 nitrogen and oxygen atoms in total. The van der Waals surface area contributed by atoms with Crippen LogP contribution < -0.4 is 15.4 Å². The standard InChI is InChI=1S/C12H17N3O3/c1-18-12-7-10(15(16)17)4-5-11(12)14-8-9-3-2-6-13-9/h4-5,7,9,13-14H,2-3,6,8H2,1H3. The summed E-state index contributed by atoms with van der Waals surface area (Å²) in [4.78, 5) is 10.2. The van der Waals surface area contributed by atoms with Gasteiger partial charge in [-0.2, -0.15) is 0 Å². The lowest BCUT2D eigenvalue weighted by Crippen LogP contribution is -2.29. The number of nitrogens with zero attached hydrogens (tertiary/aromatic N) is 1. The van der Waals surface area contributed by atoms with Gasteiger partial charge in [0.1, 0.15) is 5.75 Å². The first-order valence-electron chi connectivity index (χ1n) is 6.00. The maximum absolute atomic E-state index is 10.7. The SMILES string of the molecule is COc1cc([N+](=O)[O-])ccc1NCC1CCCN1. The Balaban J connectivity index is 2.04. The minimum atomic E-state index is -0.426. The molecule has 1 aromatic rings. The highest BCUT2D eigenvalue weighted by atomic mass is 16.6. The molecule has 98 valence electrons. The molecule has 6 heteroatoms. The van der Waals surface area contributed by atoms with Crippen molar-refractivity contribution in [3.8, 4) is 5.75 Å². The average molecular weight is 251 g/mol. The van der Waals surface area contributed by atoms with Crippen molar-refractivity contribution in [2.75, 3.05) is 25.5 Å². The maximum atomic E-state index is 10.7. The molecule has 1 unspecified atom stereocenters. The molecule has 0 amide bonds. The van der Waals surface area contributed by atoms with E-state index in [1.807, 2.05) is 0 Å². The van der Waals surface area contributed by atoms with Gasteiger partial charge in [0.25, 0.3) is 5.69 Å². The normalized spacial score (nSPS) is 18.6. The summed E-state index contributed by atoms with van der Waals surface area (Å²) in [6, 6.07) is 5.06. The third-order valence-electron chi connectivity index (χ3n) is 3.10. The van der Waals surface area contributed by atoms with Crippen molar-refractivity contribution in [3.05, 3.63) is 28.3 Å². The zero-order chi connectivity index (χ0) is 13.0.